The summed E-state index contributed by atoms with van der Waals surface area (Å²) in [5, 5.41) is 7.77. The van der Waals surface area contributed by atoms with Crippen LogP contribution < -0.4 is 4.72 Å². The highest BCUT2D eigenvalue weighted by Crippen LogP contribution is 2.30. The molecule has 0 fully saturated rings. The van der Waals surface area contributed by atoms with Gasteiger partial charge in [-0.1, -0.05) is 6.92 Å². The molecule has 1 atom stereocenters. The quantitative estimate of drug-likeness (QED) is 0.729. The molecule has 152 valence electrons. The van der Waals surface area contributed by atoms with E-state index in [9.17, 15) is 21.6 Å². The summed E-state index contributed by atoms with van der Waals surface area (Å²) in [4.78, 5) is 0.104. The highest BCUT2D eigenvalue weighted by Gasteiger charge is 2.35. The summed E-state index contributed by atoms with van der Waals surface area (Å²) in [5.41, 5.74) is -0.159. The van der Waals surface area contributed by atoms with Crippen LogP contribution in [0.1, 0.15) is 49.8 Å². The number of hydrogen-bond acceptors (Lipinski definition) is 4. The van der Waals surface area contributed by atoms with E-state index in [0.29, 0.717) is 30.8 Å². The molecular formula is C16H24F3N5O2S. The van der Waals surface area contributed by atoms with Gasteiger partial charge in [0.1, 0.15) is 4.90 Å². The van der Waals surface area contributed by atoms with Gasteiger partial charge in [-0.15, -0.1) is 0 Å². The van der Waals surface area contributed by atoms with Crippen LogP contribution in [0.3, 0.4) is 0 Å². The highest BCUT2D eigenvalue weighted by atomic mass is 32.2. The number of sulfonamides is 1. The molecule has 2 aromatic rings. The van der Waals surface area contributed by atoms with Crippen LogP contribution in [0.5, 0.6) is 0 Å². The SMILES string of the molecule is CC[C@H](CCNS(=O)(=O)c1cn(CC)nc1C)n1nc(C(F)(F)F)cc1C. The zero-order chi connectivity index (χ0) is 20.4. The van der Waals surface area contributed by atoms with Gasteiger partial charge in [-0.3, -0.25) is 9.36 Å². The monoisotopic (exact) mass is 407 g/mol. The lowest BCUT2D eigenvalue weighted by Gasteiger charge is -2.18. The second kappa shape index (κ2) is 8.01. The smallest absolute Gasteiger partial charge is 0.271 e. The van der Waals surface area contributed by atoms with E-state index in [0.717, 1.165) is 6.07 Å². The van der Waals surface area contributed by atoms with Gasteiger partial charge in [-0.25, -0.2) is 13.1 Å². The van der Waals surface area contributed by atoms with Crippen molar-refractivity contribution in [1.82, 2.24) is 24.3 Å². The molecular weight excluding hydrogens is 383 g/mol. The predicted octanol–water partition coefficient (Wildman–Crippen LogP) is 3.05. The molecule has 0 saturated carbocycles. The Morgan fingerprint density at radius 2 is 1.89 bits per heavy atom. The summed E-state index contributed by atoms with van der Waals surface area (Å²) in [6.07, 6.45) is -2.21. The van der Waals surface area contributed by atoms with Crippen LogP contribution in [0.15, 0.2) is 17.2 Å². The average Bonchev–Trinajstić information content (AvgIpc) is 3.14. The van der Waals surface area contributed by atoms with Gasteiger partial charge in [0.05, 0.1) is 11.7 Å². The first kappa shape index (κ1) is 21.4. The van der Waals surface area contributed by atoms with Gasteiger partial charge in [0.2, 0.25) is 10.0 Å². The molecule has 0 saturated heterocycles. The fourth-order valence-electron chi connectivity index (χ4n) is 2.86. The first-order valence-electron chi connectivity index (χ1n) is 8.66. The largest absolute Gasteiger partial charge is 0.435 e. The molecule has 1 N–H and O–H groups in total. The number of aryl methyl sites for hydroxylation is 3. The Labute approximate surface area is 156 Å². The van der Waals surface area contributed by atoms with Gasteiger partial charge in [-0.05, 0) is 39.7 Å². The van der Waals surface area contributed by atoms with Crippen LogP contribution in [-0.4, -0.2) is 34.5 Å². The van der Waals surface area contributed by atoms with Crippen LogP contribution in [0.25, 0.3) is 0 Å². The summed E-state index contributed by atoms with van der Waals surface area (Å²) < 4.78 is 68.8. The van der Waals surface area contributed by atoms with Gasteiger partial charge < -0.3 is 0 Å². The summed E-state index contributed by atoms with van der Waals surface area (Å²) in [6, 6.07) is 0.651. The molecule has 7 nitrogen and oxygen atoms in total. The first-order valence-corrected chi connectivity index (χ1v) is 10.1. The molecule has 2 aromatic heterocycles. The molecule has 27 heavy (non-hydrogen) atoms. The molecule has 0 aliphatic heterocycles. The lowest BCUT2D eigenvalue weighted by atomic mass is 10.1. The Kier molecular flexibility index (Phi) is 6.35. The van der Waals surface area contributed by atoms with Crippen LogP contribution >= 0.6 is 0 Å². The topological polar surface area (TPSA) is 81.8 Å². The van der Waals surface area contributed by atoms with E-state index in [1.807, 2.05) is 13.8 Å². The number of aromatic nitrogens is 4. The van der Waals surface area contributed by atoms with E-state index in [1.165, 1.54) is 15.6 Å². The lowest BCUT2D eigenvalue weighted by Crippen LogP contribution is -2.27. The Morgan fingerprint density at radius 1 is 1.22 bits per heavy atom. The summed E-state index contributed by atoms with van der Waals surface area (Å²) >= 11 is 0. The molecule has 11 heteroatoms. The maximum Gasteiger partial charge on any atom is 0.435 e. The van der Waals surface area contributed by atoms with Crippen molar-refractivity contribution < 1.29 is 21.6 Å². The Hall–Kier alpha value is -1.88. The van der Waals surface area contributed by atoms with Crippen molar-refractivity contribution in [2.75, 3.05) is 6.54 Å². The van der Waals surface area contributed by atoms with Crippen molar-refractivity contribution in [2.45, 2.75) is 64.2 Å². The second-order valence-electron chi connectivity index (χ2n) is 6.30. The molecule has 0 spiro atoms. The molecule has 0 radical (unpaired) electrons. The van der Waals surface area contributed by atoms with Gasteiger partial charge in [0.25, 0.3) is 0 Å². The molecule has 2 heterocycles. The summed E-state index contributed by atoms with van der Waals surface area (Å²) in [7, 11) is -3.74. The molecule has 0 aromatic carbocycles. The highest BCUT2D eigenvalue weighted by molar-refractivity contribution is 7.89. The van der Waals surface area contributed by atoms with E-state index in [2.05, 4.69) is 14.9 Å². The zero-order valence-corrected chi connectivity index (χ0v) is 16.5. The van der Waals surface area contributed by atoms with Crippen LogP contribution in [0.4, 0.5) is 13.2 Å². The van der Waals surface area contributed by atoms with Crippen molar-refractivity contribution in [2.24, 2.45) is 0 Å². The van der Waals surface area contributed by atoms with Crippen LogP contribution in [0.2, 0.25) is 0 Å². The van der Waals surface area contributed by atoms with Gasteiger partial charge in [0, 0.05) is 25.0 Å². The fourth-order valence-corrected chi connectivity index (χ4v) is 4.09. The van der Waals surface area contributed by atoms with Crippen molar-refractivity contribution in [3.8, 4) is 0 Å². The minimum Gasteiger partial charge on any atom is -0.271 e. The maximum absolute atomic E-state index is 12.8. The first-order chi connectivity index (χ1) is 12.5. The molecule has 0 aliphatic carbocycles. The number of rotatable bonds is 8. The normalized spacial score (nSPS) is 13.9. The Morgan fingerprint density at radius 3 is 2.37 bits per heavy atom. The minimum atomic E-state index is -4.51. The van der Waals surface area contributed by atoms with E-state index in [-0.39, 0.29) is 17.5 Å². The van der Waals surface area contributed by atoms with E-state index in [4.69, 9.17) is 0 Å². The summed E-state index contributed by atoms with van der Waals surface area (Å²) in [5.74, 6) is 0. The number of nitrogens with one attached hydrogen (secondary N) is 1. The third kappa shape index (κ3) is 4.89. The van der Waals surface area contributed by atoms with Crippen molar-refractivity contribution >= 4 is 10.0 Å². The molecule has 2 rings (SSSR count). The minimum absolute atomic E-state index is 0.0816. The van der Waals surface area contributed by atoms with Gasteiger partial charge >= 0.3 is 6.18 Å². The lowest BCUT2D eigenvalue weighted by molar-refractivity contribution is -0.141. The standard InChI is InChI=1S/C16H24F3N5O2S/c1-5-13(24-11(3)9-15(22-24)16(17,18)19)7-8-20-27(25,26)14-10-23(6-2)21-12(14)4/h9-10,13,20H,5-8H2,1-4H3/t13-/m1/s1. The van der Waals surface area contributed by atoms with Crippen molar-refractivity contribution in [3.05, 3.63) is 29.3 Å². The van der Waals surface area contributed by atoms with E-state index >= 15 is 0 Å². The predicted molar refractivity (Wildman–Crippen MR) is 93.7 cm³/mol. The molecule has 0 aliphatic rings. The second-order valence-corrected chi connectivity index (χ2v) is 8.03. The zero-order valence-electron chi connectivity index (χ0n) is 15.7. The van der Waals surface area contributed by atoms with Gasteiger partial charge in [0.15, 0.2) is 5.69 Å². The average molecular weight is 407 g/mol. The third-order valence-electron chi connectivity index (χ3n) is 4.31. The van der Waals surface area contributed by atoms with Gasteiger partial charge in [-0.2, -0.15) is 23.4 Å². The number of halogens is 3. The van der Waals surface area contributed by atoms with Crippen molar-refractivity contribution in [3.63, 3.8) is 0 Å². The number of hydrogen-bond donors (Lipinski definition) is 1. The summed E-state index contributed by atoms with van der Waals surface area (Å²) in [6.45, 7) is 7.47. The Bertz CT molecular complexity index is 886. The number of alkyl halides is 3. The van der Waals surface area contributed by atoms with E-state index < -0.39 is 21.9 Å². The molecule has 0 amide bonds. The number of nitrogens with zero attached hydrogens (tertiary/aromatic N) is 4. The fraction of sp³-hybridized carbons (Fsp3) is 0.625. The van der Waals surface area contributed by atoms with Crippen molar-refractivity contribution in [1.29, 1.82) is 0 Å². The van der Waals surface area contributed by atoms with E-state index in [1.54, 1.807) is 13.8 Å². The van der Waals surface area contributed by atoms with Crippen LogP contribution in [0, 0.1) is 13.8 Å². The molecule has 0 unspecified atom stereocenters. The van der Waals surface area contributed by atoms with Crippen LogP contribution in [-0.2, 0) is 22.7 Å². The third-order valence-corrected chi connectivity index (χ3v) is 5.88. The molecule has 0 bridgehead atoms. The maximum atomic E-state index is 12.8. The Balaban J connectivity index is 2.08.